The lowest BCUT2D eigenvalue weighted by Crippen LogP contribution is -2.25. The molecule has 0 aliphatic rings. The minimum Gasteiger partial charge on any atom is -0.497 e. The van der Waals surface area contributed by atoms with Crippen LogP contribution in [0, 0.1) is 0 Å². The summed E-state index contributed by atoms with van der Waals surface area (Å²) in [6.45, 7) is 0. The zero-order valence-corrected chi connectivity index (χ0v) is 12.0. The maximum atomic E-state index is 12.6. The summed E-state index contributed by atoms with van der Waals surface area (Å²) in [7, 11) is 3.39. The molecule has 0 fully saturated rings. The van der Waals surface area contributed by atoms with Crippen molar-refractivity contribution in [3.63, 3.8) is 0 Å². The van der Waals surface area contributed by atoms with Crippen LogP contribution in [-0.2, 0) is 0 Å². The number of aromatic nitrogens is 1. The van der Waals surface area contributed by atoms with Crippen LogP contribution in [0.5, 0.6) is 5.75 Å². The first-order chi connectivity index (χ1) is 10.2. The van der Waals surface area contributed by atoms with Crippen LogP contribution in [0.3, 0.4) is 0 Å². The Morgan fingerprint density at radius 1 is 1.10 bits per heavy atom. The number of hydrogen-bond acceptors (Lipinski definition) is 2. The maximum absolute atomic E-state index is 12.6. The number of nitrogens with zero attached hydrogens (tertiary/aromatic N) is 1. The predicted octanol–water partition coefficient (Wildman–Crippen LogP) is 3.45. The highest BCUT2D eigenvalue weighted by Gasteiger charge is 2.17. The molecule has 0 spiro atoms. The summed E-state index contributed by atoms with van der Waals surface area (Å²) in [6.07, 6.45) is 1.76. The minimum atomic E-state index is -0.0439. The third-order valence-corrected chi connectivity index (χ3v) is 3.58. The minimum absolute atomic E-state index is 0.0439. The Hall–Kier alpha value is -2.75. The van der Waals surface area contributed by atoms with E-state index in [0.717, 1.165) is 22.3 Å². The predicted molar refractivity (Wildman–Crippen MR) is 84.0 cm³/mol. The maximum Gasteiger partial charge on any atom is 0.260 e. The van der Waals surface area contributed by atoms with Gasteiger partial charge in [-0.05, 0) is 30.3 Å². The number of ether oxygens (including phenoxy) is 1. The van der Waals surface area contributed by atoms with Gasteiger partial charge in [0.15, 0.2) is 0 Å². The monoisotopic (exact) mass is 280 g/mol. The molecular weight excluding hydrogens is 264 g/mol. The number of para-hydroxylation sites is 1. The first kappa shape index (κ1) is 13.2. The third kappa shape index (κ3) is 2.36. The van der Waals surface area contributed by atoms with Crippen LogP contribution < -0.4 is 9.64 Å². The van der Waals surface area contributed by atoms with Gasteiger partial charge in [0.05, 0.1) is 12.7 Å². The van der Waals surface area contributed by atoms with Gasteiger partial charge in [0.2, 0.25) is 0 Å². The summed E-state index contributed by atoms with van der Waals surface area (Å²) in [5.74, 6) is 0.726. The van der Waals surface area contributed by atoms with E-state index in [1.165, 1.54) is 0 Å². The van der Waals surface area contributed by atoms with Crippen molar-refractivity contribution < 1.29 is 9.53 Å². The Labute approximate surface area is 123 Å². The molecule has 2 aromatic carbocycles. The largest absolute Gasteiger partial charge is 0.497 e. The van der Waals surface area contributed by atoms with E-state index in [0.29, 0.717) is 5.56 Å². The van der Waals surface area contributed by atoms with Gasteiger partial charge in [-0.15, -0.1) is 0 Å². The molecule has 106 valence electrons. The number of rotatable bonds is 3. The molecule has 0 atom stereocenters. The van der Waals surface area contributed by atoms with Crippen molar-refractivity contribution in [2.45, 2.75) is 0 Å². The fourth-order valence-electron chi connectivity index (χ4n) is 2.35. The second kappa shape index (κ2) is 5.32. The number of aromatic amines is 1. The van der Waals surface area contributed by atoms with Gasteiger partial charge < -0.3 is 14.6 Å². The molecule has 0 bridgehead atoms. The normalized spacial score (nSPS) is 10.6. The summed E-state index contributed by atoms with van der Waals surface area (Å²) >= 11 is 0. The topological polar surface area (TPSA) is 45.3 Å². The Balaban J connectivity index is 1.93. The van der Waals surface area contributed by atoms with Gasteiger partial charge in [-0.3, -0.25) is 4.79 Å². The Morgan fingerprint density at radius 3 is 2.52 bits per heavy atom. The highest BCUT2D eigenvalue weighted by molar-refractivity contribution is 6.13. The van der Waals surface area contributed by atoms with Crippen LogP contribution in [-0.4, -0.2) is 25.0 Å². The zero-order chi connectivity index (χ0) is 14.8. The Morgan fingerprint density at radius 2 is 1.81 bits per heavy atom. The van der Waals surface area contributed by atoms with Gasteiger partial charge in [-0.25, -0.2) is 0 Å². The molecule has 1 N–H and O–H groups in total. The summed E-state index contributed by atoms with van der Waals surface area (Å²) in [4.78, 5) is 17.4. The van der Waals surface area contributed by atoms with E-state index in [2.05, 4.69) is 4.98 Å². The second-order valence-corrected chi connectivity index (χ2v) is 4.81. The van der Waals surface area contributed by atoms with Crippen molar-refractivity contribution in [2.24, 2.45) is 0 Å². The molecule has 1 aromatic heterocycles. The standard InChI is InChI=1S/C17H16N2O2/c1-19(12-7-9-13(21-2)10-8-12)17(20)15-11-18-16-6-4-3-5-14(15)16/h3-11,18H,1-2H3. The molecule has 0 saturated heterocycles. The van der Waals surface area contributed by atoms with Crippen molar-refractivity contribution in [2.75, 3.05) is 19.1 Å². The number of anilines is 1. The lowest BCUT2D eigenvalue weighted by Gasteiger charge is -2.17. The Kier molecular flexibility index (Phi) is 3.36. The van der Waals surface area contributed by atoms with Crippen molar-refractivity contribution in [1.29, 1.82) is 0 Å². The van der Waals surface area contributed by atoms with Crippen molar-refractivity contribution in [1.82, 2.24) is 4.98 Å². The van der Waals surface area contributed by atoms with E-state index in [1.807, 2.05) is 48.5 Å². The van der Waals surface area contributed by atoms with E-state index >= 15 is 0 Å². The molecule has 3 aromatic rings. The molecule has 0 aliphatic carbocycles. The number of fused-ring (bicyclic) bond motifs is 1. The quantitative estimate of drug-likeness (QED) is 0.798. The zero-order valence-electron chi connectivity index (χ0n) is 12.0. The highest BCUT2D eigenvalue weighted by atomic mass is 16.5. The van der Waals surface area contributed by atoms with Crippen LogP contribution >= 0.6 is 0 Å². The number of carbonyl (C=O) groups is 1. The SMILES string of the molecule is COc1ccc(N(C)C(=O)c2c[nH]c3ccccc23)cc1. The van der Waals surface area contributed by atoms with E-state index in [4.69, 9.17) is 4.74 Å². The number of methoxy groups -OCH3 is 1. The van der Waals surface area contributed by atoms with Gasteiger partial charge in [-0.2, -0.15) is 0 Å². The van der Waals surface area contributed by atoms with E-state index < -0.39 is 0 Å². The summed E-state index contributed by atoms with van der Waals surface area (Å²) < 4.78 is 5.13. The third-order valence-electron chi connectivity index (χ3n) is 3.58. The second-order valence-electron chi connectivity index (χ2n) is 4.81. The molecule has 0 radical (unpaired) electrons. The smallest absolute Gasteiger partial charge is 0.260 e. The van der Waals surface area contributed by atoms with Gasteiger partial charge in [0, 0.05) is 29.8 Å². The van der Waals surface area contributed by atoms with Crippen LogP contribution in [0.25, 0.3) is 10.9 Å². The molecule has 0 saturated carbocycles. The van der Waals surface area contributed by atoms with E-state index in [9.17, 15) is 4.79 Å². The van der Waals surface area contributed by atoms with Gasteiger partial charge in [0.25, 0.3) is 5.91 Å². The average molecular weight is 280 g/mol. The van der Waals surface area contributed by atoms with Gasteiger partial charge in [0.1, 0.15) is 5.75 Å². The molecule has 0 unspecified atom stereocenters. The highest BCUT2D eigenvalue weighted by Crippen LogP contribution is 2.23. The number of carbonyl (C=O) groups excluding carboxylic acids is 1. The lowest BCUT2D eigenvalue weighted by molar-refractivity contribution is 0.0994. The van der Waals surface area contributed by atoms with Crippen LogP contribution in [0.1, 0.15) is 10.4 Å². The van der Waals surface area contributed by atoms with E-state index in [1.54, 1.807) is 25.3 Å². The van der Waals surface area contributed by atoms with Gasteiger partial charge >= 0.3 is 0 Å². The number of H-pyrrole nitrogens is 1. The first-order valence-corrected chi connectivity index (χ1v) is 6.69. The number of amides is 1. The summed E-state index contributed by atoms with van der Waals surface area (Å²) in [6, 6.07) is 15.2. The van der Waals surface area contributed by atoms with Crippen molar-refractivity contribution >= 4 is 22.5 Å². The molecule has 3 rings (SSSR count). The van der Waals surface area contributed by atoms with Crippen molar-refractivity contribution in [3.05, 3.63) is 60.3 Å². The number of hydrogen-bond donors (Lipinski definition) is 1. The summed E-state index contributed by atoms with van der Waals surface area (Å²) in [5, 5.41) is 0.933. The molecule has 1 heterocycles. The lowest BCUT2D eigenvalue weighted by atomic mass is 10.1. The molecule has 4 heteroatoms. The molecule has 0 aliphatic heterocycles. The van der Waals surface area contributed by atoms with Gasteiger partial charge in [-0.1, -0.05) is 18.2 Å². The van der Waals surface area contributed by atoms with E-state index in [-0.39, 0.29) is 5.91 Å². The number of nitrogens with one attached hydrogen (secondary N) is 1. The van der Waals surface area contributed by atoms with Crippen LogP contribution in [0.4, 0.5) is 5.69 Å². The average Bonchev–Trinajstić information content (AvgIpc) is 2.97. The molecule has 21 heavy (non-hydrogen) atoms. The molecule has 4 nitrogen and oxygen atoms in total. The van der Waals surface area contributed by atoms with Crippen LogP contribution in [0.2, 0.25) is 0 Å². The molecular formula is C17H16N2O2. The summed E-state index contributed by atoms with van der Waals surface area (Å²) in [5.41, 5.74) is 2.46. The first-order valence-electron chi connectivity index (χ1n) is 6.69. The molecule has 1 amide bonds. The number of benzene rings is 2. The fourth-order valence-corrected chi connectivity index (χ4v) is 2.35. The van der Waals surface area contributed by atoms with Crippen molar-refractivity contribution in [3.8, 4) is 5.75 Å². The Bertz CT molecular complexity index is 775. The van der Waals surface area contributed by atoms with Crippen LogP contribution in [0.15, 0.2) is 54.7 Å². The fraction of sp³-hybridized carbons (Fsp3) is 0.118.